The maximum absolute atomic E-state index is 5.40. The third-order valence-corrected chi connectivity index (χ3v) is 3.13. The van der Waals surface area contributed by atoms with Crippen LogP contribution in [0.3, 0.4) is 0 Å². The lowest BCUT2D eigenvalue weighted by Gasteiger charge is -2.21. The third-order valence-electron chi connectivity index (χ3n) is 2.70. The molecule has 1 N–H and O–H groups in total. The highest BCUT2D eigenvalue weighted by atomic mass is 79.9. The maximum Gasteiger partial charge on any atom is 0.169 e. The van der Waals surface area contributed by atoms with E-state index in [4.69, 9.17) is 9.15 Å². The van der Waals surface area contributed by atoms with Crippen molar-refractivity contribution in [3.05, 3.63) is 22.6 Å². The first kappa shape index (κ1) is 11.2. The fourth-order valence-electron chi connectivity index (χ4n) is 1.80. The van der Waals surface area contributed by atoms with Crippen LogP contribution < -0.4 is 5.32 Å². The predicted octanol–water partition coefficient (Wildman–Crippen LogP) is 2.56. The monoisotopic (exact) mass is 273 g/mol. The summed E-state index contributed by atoms with van der Waals surface area (Å²) in [6.45, 7) is 3.70. The topological polar surface area (TPSA) is 34.4 Å². The van der Waals surface area contributed by atoms with E-state index in [1.165, 1.54) is 12.8 Å². The van der Waals surface area contributed by atoms with Crippen LogP contribution in [0.5, 0.6) is 0 Å². The highest BCUT2D eigenvalue weighted by Crippen LogP contribution is 2.15. The molecule has 3 nitrogen and oxygen atoms in total. The van der Waals surface area contributed by atoms with Gasteiger partial charge in [-0.1, -0.05) is 0 Å². The summed E-state index contributed by atoms with van der Waals surface area (Å²) in [4.78, 5) is 0. The van der Waals surface area contributed by atoms with Crippen LogP contribution in [-0.4, -0.2) is 19.8 Å². The van der Waals surface area contributed by atoms with Gasteiger partial charge in [0.25, 0.3) is 0 Å². The van der Waals surface area contributed by atoms with E-state index in [-0.39, 0.29) is 0 Å². The first-order valence-electron chi connectivity index (χ1n) is 5.37. The second kappa shape index (κ2) is 5.68. The van der Waals surface area contributed by atoms with Crippen molar-refractivity contribution in [3.8, 4) is 0 Å². The average molecular weight is 274 g/mol. The minimum Gasteiger partial charge on any atom is -0.453 e. The number of hydrogen-bond acceptors (Lipinski definition) is 3. The molecule has 4 heteroatoms. The molecule has 0 unspecified atom stereocenters. The molecule has 1 saturated heterocycles. The highest BCUT2D eigenvalue weighted by molar-refractivity contribution is 9.10. The largest absolute Gasteiger partial charge is 0.453 e. The smallest absolute Gasteiger partial charge is 0.169 e. The Morgan fingerprint density at radius 3 is 2.80 bits per heavy atom. The van der Waals surface area contributed by atoms with Crippen molar-refractivity contribution < 1.29 is 9.15 Å². The summed E-state index contributed by atoms with van der Waals surface area (Å²) in [5.74, 6) is 1.74. The first-order valence-corrected chi connectivity index (χ1v) is 6.16. The molecule has 0 bridgehead atoms. The second-order valence-electron chi connectivity index (χ2n) is 3.89. The zero-order chi connectivity index (χ0) is 10.5. The fraction of sp³-hybridized carbons (Fsp3) is 0.636. The number of hydrogen-bond donors (Lipinski definition) is 1. The van der Waals surface area contributed by atoms with Gasteiger partial charge < -0.3 is 14.5 Å². The van der Waals surface area contributed by atoms with E-state index < -0.39 is 0 Å². The molecule has 15 heavy (non-hydrogen) atoms. The molecule has 0 radical (unpaired) electrons. The Hall–Kier alpha value is -0.320. The van der Waals surface area contributed by atoms with Crippen LogP contribution in [0.1, 0.15) is 18.6 Å². The van der Waals surface area contributed by atoms with E-state index in [9.17, 15) is 0 Å². The SMILES string of the molecule is Brc1ccc(CNCC2CCOCC2)o1. The molecule has 1 aliphatic heterocycles. The van der Waals surface area contributed by atoms with Crippen LogP contribution in [0.4, 0.5) is 0 Å². The molecule has 84 valence electrons. The minimum atomic E-state index is 0.761. The summed E-state index contributed by atoms with van der Waals surface area (Å²) >= 11 is 3.29. The van der Waals surface area contributed by atoms with Gasteiger partial charge in [0.05, 0.1) is 6.54 Å². The molecule has 2 rings (SSSR count). The lowest BCUT2D eigenvalue weighted by molar-refractivity contribution is 0.0661. The molecule has 0 amide bonds. The standard InChI is InChI=1S/C11H16BrNO2/c12-11-2-1-10(15-11)8-13-7-9-3-5-14-6-4-9/h1-2,9,13H,3-8H2. The van der Waals surface area contributed by atoms with Gasteiger partial charge in [0.15, 0.2) is 4.67 Å². The van der Waals surface area contributed by atoms with Crippen LogP contribution in [0, 0.1) is 5.92 Å². The molecule has 1 fully saturated rings. The third kappa shape index (κ3) is 3.63. The number of nitrogens with one attached hydrogen (secondary N) is 1. The summed E-state index contributed by atoms with van der Waals surface area (Å²) in [6.07, 6.45) is 2.35. The number of ether oxygens (including phenoxy) is 1. The van der Waals surface area contributed by atoms with Gasteiger partial charge in [-0.15, -0.1) is 0 Å². The van der Waals surface area contributed by atoms with Gasteiger partial charge in [-0.3, -0.25) is 0 Å². The lowest BCUT2D eigenvalue weighted by Crippen LogP contribution is -2.27. The molecule has 0 saturated carbocycles. The van der Waals surface area contributed by atoms with Crippen molar-refractivity contribution in [2.24, 2.45) is 5.92 Å². The molecule has 0 aromatic carbocycles. The van der Waals surface area contributed by atoms with E-state index in [0.717, 1.165) is 42.7 Å². The fourth-order valence-corrected chi connectivity index (χ4v) is 2.14. The van der Waals surface area contributed by atoms with Gasteiger partial charge >= 0.3 is 0 Å². The summed E-state index contributed by atoms with van der Waals surface area (Å²) in [6, 6.07) is 3.91. The molecule has 0 aliphatic carbocycles. The number of furan rings is 1. The number of halogens is 1. The molecule has 2 heterocycles. The van der Waals surface area contributed by atoms with Crippen molar-refractivity contribution in [2.45, 2.75) is 19.4 Å². The van der Waals surface area contributed by atoms with Crippen LogP contribution >= 0.6 is 15.9 Å². The highest BCUT2D eigenvalue weighted by Gasteiger charge is 2.13. The average Bonchev–Trinajstić information content (AvgIpc) is 2.66. The second-order valence-corrected chi connectivity index (χ2v) is 4.67. The molecule has 1 aromatic heterocycles. The molecule has 1 aromatic rings. The number of rotatable bonds is 4. The lowest BCUT2D eigenvalue weighted by atomic mass is 10.0. The predicted molar refractivity (Wildman–Crippen MR) is 61.7 cm³/mol. The Labute approximate surface area is 98.3 Å². The van der Waals surface area contributed by atoms with E-state index >= 15 is 0 Å². The van der Waals surface area contributed by atoms with E-state index in [1.54, 1.807) is 0 Å². The van der Waals surface area contributed by atoms with Crippen molar-refractivity contribution in [1.29, 1.82) is 0 Å². The van der Waals surface area contributed by atoms with E-state index in [0.29, 0.717) is 0 Å². The molecular weight excluding hydrogens is 258 g/mol. The zero-order valence-electron chi connectivity index (χ0n) is 8.67. The Bertz CT molecular complexity index is 295. The minimum absolute atomic E-state index is 0.761. The van der Waals surface area contributed by atoms with Crippen LogP contribution in [-0.2, 0) is 11.3 Å². The Morgan fingerprint density at radius 1 is 1.33 bits per heavy atom. The summed E-state index contributed by atoms with van der Waals surface area (Å²) in [5.41, 5.74) is 0. The Morgan fingerprint density at radius 2 is 2.13 bits per heavy atom. The van der Waals surface area contributed by atoms with Crippen molar-refractivity contribution in [2.75, 3.05) is 19.8 Å². The van der Waals surface area contributed by atoms with Gasteiger partial charge in [0.2, 0.25) is 0 Å². The Balaban J connectivity index is 1.65. The van der Waals surface area contributed by atoms with Crippen LogP contribution in [0.25, 0.3) is 0 Å². The maximum atomic E-state index is 5.40. The normalized spacial score (nSPS) is 18.2. The van der Waals surface area contributed by atoms with Crippen molar-refractivity contribution >= 4 is 15.9 Å². The Kier molecular flexibility index (Phi) is 4.23. The first-order chi connectivity index (χ1) is 7.34. The van der Waals surface area contributed by atoms with Gasteiger partial charge in [0.1, 0.15) is 5.76 Å². The zero-order valence-corrected chi connectivity index (χ0v) is 10.3. The summed E-state index contributed by atoms with van der Waals surface area (Å²) in [5, 5.41) is 3.41. The molecule has 0 spiro atoms. The van der Waals surface area contributed by atoms with Crippen LogP contribution in [0.15, 0.2) is 21.2 Å². The summed E-state index contributed by atoms with van der Waals surface area (Å²) in [7, 11) is 0. The van der Waals surface area contributed by atoms with Gasteiger partial charge in [-0.05, 0) is 53.4 Å². The molecule has 0 atom stereocenters. The van der Waals surface area contributed by atoms with Gasteiger partial charge in [0, 0.05) is 13.2 Å². The molecular formula is C11H16BrNO2. The van der Waals surface area contributed by atoms with Gasteiger partial charge in [-0.25, -0.2) is 0 Å². The summed E-state index contributed by atoms with van der Waals surface area (Å²) < 4.78 is 11.5. The molecule has 1 aliphatic rings. The van der Waals surface area contributed by atoms with E-state index in [1.807, 2.05) is 12.1 Å². The van der Waals surface area contributed by atoms with Gasteiger partial charge in [-0.2, -0.15) is 0 Å². The van der Waals surface area contributed by atoms with Crippen molar-refractivity contribution in [1.82, 2.24) is 5.32 Å². The quantitative estimate of drug-likeness (QED) is 0.916. The van der Waals surface area contributed by atoms with E-state index in [2.05, 4.69) is 21.2 Å². The van der Waals surface area contributed by atoms with Crippen molar-refractivity contribution in [3.63, 3.8) is 0 Å². The van der Waals surface area contributed by atoms with Crippen LogP contribution in [0.2, 0.25) is 0 Å².